The maximum atomic E-state index is 13.4. The normalized spacial score (nSPS) is 10.3. The molecule has 0 bridgehead atoms. The van der Waals surface area contributed by atoms with Crippen molar-refractivity contribution in [3.05, 3.63) is 64.7 Å². The zero-order valence-corrected chi connectivity index (χ0v) is 10.8. The molecule has 0 fully saturated rings. The molecule has 0 spiro atoms. The SMILES string of the molecule is Cc1ccc(C(=O)OCc2cccc(F)c2F)cc1N. The van der Waals surface area contributed by atoms with E-state index in [4.69, 9.17) is 10.5 Å². The molecule has 5 heteroatoms. The van der Waals surface area contributed by atoms with Gasteiger partial charge in [-0.05, 0) is 30.7 Å². The average molecular weight is 277 g/mol. The van der Waals surface area contributed by atoms with Crippen LogP contribution in [-0.4, -0.2) is 5.97 Å². The summed E-state index contributed by atoms with van der Waals surface area (Å²) >= 11 is 0. The molecule has 2 N–H and O–H groups in total. The minimum absolute atomic E-state index is 0.0153. The number of hydrogen-bond acceptors (Lipinski definition) is 3. The minimum atomic E-state index is -1.01. The van der Waals surface area contributed by atoms with Gasteiger partial charge in [-0.2, -0.15) is 0 Å². The zero-order valence-electron chi connectivity index (χ0n) is 10.8. The Bertz CT molecular complexity index is 656. The Morgan fingerprint density at radius 1 is 1.25 bits per heavy atom. The van der Waals surface area contributed by atoms with Crippen LogP contribution in [0.25, 0.3) is 0 Å². The summed E-state index contributed by atoms with van der Waals surface area (Å²) in [7, 11) is 0. The highest BCUT2D eigenvalue weighted by Crippen LogP contribution is 2.16. The van der Waals surface area contributed by atoms with Crippen LogP contribution in [0.15, 0.2) is 36.4 Å². The second-order valence-electron chi connectivity index (χ2n) is 4.36. The Morgan fingerprint density at radius 2 is 2.00 bits per heavy atom. The van der Waals surface area contributed by atoms with Crippen LogP contribution in [0.4, 0.5) is 14.5 Å². The van der Waals surface area contributed by atoms with Crippen LogP contribution in [0.5, 0.6) is 0 Å². The fraction of sp³-hybridized carbons (Fsp3) is 0.133. The van der Waals surface area contributed by atoms with Gasteiger partial charge in [-0.3, -0.25) is 0 Å². The van der Waals surface area contributed by atoms with E-state index in [9.17, 15) is 13.6 Å². The number of carbonyl (C=O) groups is 1. The van der Waals surface area contributed by atoms with Crippen LogP contribution in [0.1, 0.15) is 21.5 Å². The molecule has 0 aliphatic heterocycles. The number of halogens is 2. The van der Waals surface area contributed by atoms with E-state index in [0.717, 1.165) is 11.6 Å². The Balaban J connectivity index is 2.08. The number of aryl methyl sites for hydroxylation is 1. The van der Waals surface area contributed by atoms with E-state index in [1.807, 2.05) is 6.92 Å². The Morgan fingerprint density at radius 3 is 2.70 bits per heavy atom. The van der Waals surface area contributed by atoms with Gasteiger partial charge in [-0.1, -0.05) is 18.2 Å². The van der Waals surface area contributed by atoms with Gasteiger partial charge in [0.15, 0.2) is 11.6 Å². The highest BCUT2D eigenvalue weighted by atomic mass is 19.2. The van der Waals surface area contributed by atoms with Crippen molar-refractivity contribution in [2.45, 2.75) is 13.5 Å². The summed E-state index contributed by atoms with van der Waals surface area (Å²) in [5.74, 6) is -2.62. The molecule has 0 aromatic heterocycles. The van der Waals surface area contributed by atoms with Gasteiger partial charge < -0.3 is 10.5 Å². The number of ether oxygens (including phenoxy) is 1. The number of anilines is 1. The molecule has 2 rings (SSSR count). The molecule has 2 aromatic carbocycles. The number of esters is 1. The fourth-order valence-electron chi connectivity index (χ4n) is 1.65. The molecule has 0 heterocycles. The molecular formula is C15H13F2NO2. The lowest BCUT2D eigenvalue weighted by molar-refractivity contribution is 0.0468. The third-order valence-electron chi connectivity index (χ3n) is 2.91. The molecule has 0 saturated heterocycles. The van der Waals surface area contributed by atoms with Crippen LogP contribution in [-0.2, 0) is 11.3 Å². The molecule has 0 amide bonds. The first kappa shape index (κ1) is 14.0. The predicted octanol–water partition coefficient (Wildman–Crippen LogP) is 3.21. The van der Waals surface area contributed by atoms with E-state index >= 15 is 0 Å². The monoisotopic (exact) mass is 277 g/mol. The van der Waals surface area contributed by atoms with Gasteiger partial charge in [0.1, 0.15) is 6.61 Å². The highest BCUT2D eigenvalue weighted by molar-refractivity contribution is 5.90. The van der Waals surface area contributed by atoms with Crippen LogP contribution < -0.4 is 5.73 Å². The van der Waals surface area contributed by atoms with Crippen molar-refractivity contribution in [1.82, 2.24) is 0 Å². The number of nitrogen functional groups attached to an aromatic ring is 1. The largest absolute Gasteiger partial charge is 0.457 e. The van der Waals surface area contributed by atoms with Crippen molar-refractivity contribution in [1.29, 1.82) is 0 Å². The average Bonchev–Trinajstić information content (AvgIpc) is 2.43. The van der Waals surface area contributed by atoms with Crippen molar-refractivity contribution in [2.75, 3.05) is 5.73 Å². The summed E-state index contributed by atoms with van der Waals surface area (Å²) in [6.45, 7) is 1.47. The summed E-state index contributed by atoms with van der Waals surface area (Å²) < 4.78 is 31.3. The van der Waals surface area contributed by atoms with Crippen LogP contribution in [0.2, 0.25) is 0 Å². The number of hydrogen-bond donors (Lipinski definition) is 1. The topological polar surface area (TPSA) is 52.3 Å². The summed E-state index contributed by atoms with van der Waals surface area (Å²) in [5.41, 5.74) is 7.26. The van der Waals surface area contributed by atoms with E-state index in [-0.39, 0.29) is 17.7 Å². The fourth-order valence-corrected chi connectivity index (χ4v) is 1.65. The lowest BCUT2D eigenvalue weighted by Gasteiger charge is -2.07. The van der Waals surface area contributed by atoms with Gasteiger partial charge in [-0.25, -0.2) is 13.6 Å². The second kappa shape index (κ2) is 5.69. The van der Waals surface area contributed by atoms with E-state index in [1.54, 1.807) is 12.1 Å². The summed E-state index contributed by atoms with van der Waals surface area (Å²) in [5, 5.41) is 0. The van der Waals surface area contributed by atoms with E-state index in [1.165, 1.54) is 18.2 Å². The molecule has 0 radical (unpaired) electrons. The number of nitrogens with two attached hydrogens (primary N) is 1. The van der Waals surface area contributed by atoms with E-state index < -0.39 is 17.6 Å². The number of carbonyl (C=O) groups excluding carboxylic acids is 1. The van der Waals surface area contributed by atoms with Crippen LogP contribution in [0.3, 0.4) is 0 Å². The number of rotatable bonds is 3. The predicted molar refractivity (Wildman–Crippen MR) is 71.1 cm³/mol. The highest BCUT2D eigenvalue weighted by Gasteiger charge is 2.12. The molecule has 0 atom stereocenters. The summed E-state index contributed by atoms with van der Waals surface area (Å²) in [4.78, 5) is 11.8. The quantitative estimate of drug-likeness (QED) is 0.692. The third kappa shape index (κ3) is 2.93. The van der Waals surface area contributed by atoms with Crippen molar-refractivity contribution < 1.29 is 18.3 Å². The standard InChI is InChI=1S/C15H13F2NO2/c1-9-5-6-10(7-13(9)18)15(19)20-8-11-3-2-4-12(16)14(11)17/h2-7H,8,18H2,1H3. The molecule has 0 aliphatic carbocycles. The second-order valence-corrected chi connectivity index (χ2v) is 4.36. The molecular weight excluding hydrogens is 264 g/mol. The zero-order chi connectivity index (χ0) is 14.7. The first-order valence-electron chi connectivity index (χ1n) is 5.95. The maximum Gasteiger partial charge on any atom is 0.338 e. The van der Waals surface area contributed by atoms with E-state index in [0.29, 0.717) is 5.69 Å². The van der Waals surface area contributed by atoms with Crippen LogP contribution in [0, 0.1) is 18.6 Å². The van der Waals surface area contributed by atoms with Gasteiger partial charge in [0.05, 0.1) is 5.56 Å². The van der Waals surface area contributed by atoms with Crippen molar-refractivity contribution >= 4 is 11.7 Å². The minimum Gasteiger partial charge on any atom is -0.457 e. The third-order valence-corrected chi connectivity index (χ3v) is 2.91. The van der Waals surface area contributed by atoms with Gasteiger partial charge in [0.25, 0.3) is 0 Å². The van der Waals surface area contributed by atoms with Gasteiger partial charge in [0, 0.05) is 11.3 Å². The Labute approximate surface area is 115 Å². The van der Waals surface area contributed by atoms with Gasteiger partial charge in [0.2, 0.25) is 0 Å². The molecule has 2 aromatic rings. The molecule has 0 unspecified atom stereocenters. The Hall–Kier alpha value is -2.43. The lowest BCUT2D eigenvalue weighted by atomic mass is 10.1. The Kier molecular flexibility index (Phi) is 3.98. The molecule has 104 valence electrons. The lowest BCUT2D eigenvalue weighted by Crippen LogP contribution is -2.07. The first-order chi connectivity index (χ1) is 9.49. The molecule has 0 aliphatic rings. The smallest absolute Gasteiger partial charge is 0.338 e. The van der Waals surface area contributed by atoms with Crippen molar-refractivity contribution in [2.24, 2.45) is 0 Å². The maximum absolute atomic E-state index is 13.4. The molecule has 0 saturated carbocycles. The first-order valence-corrected chi connectivity index (χ1v) is 5.95. The van der Waals surface area contributed by atoms with Gasteiger partial charge >= 0.3 is 5.97 Å². The van der Waals surface area contributed by atoms with Crippen molar-refractivity contribution in [3.63, 3.8) is 0 Å². The summed E-state index contributed by atoms with van der Waals surface area (Å²) in [6, 6.07) is 8.45. The van der Waals surface area contributed by atoms with Crippen LogP contribution >= 0.6 is 0 Å². The van der Waals surface area contributed by atoms with Gasteiger partial charge in [-0.15, -0.1) is 0 Å². The summed E-state index contributed by atoms with van der Waals surface area (Å²) in [6.07, 6.45) is 0. The molecule has 20 heavy (non-hydrogen) atoms. The van der Waals surface area contributed by atoms with E-state index in [2.05, 4.69) is 0 Å². The number of benzene rings is 2. The molecule has 3 nitrogen and oxygen atoms in total. The van der Waals surface area contributed by atoms with Crippen molar-refractivity contribution in [3.8, 4) is 0 Å².